The van der Waals surface area contributed by atoms with E-state index in [9.17, 15) is 9.59 Å². The standard InChI is InChI=1S/C21H24ClNO3S2/c1-2-26-21(25)19-16-6-3-4-7-17(16)28-20(19)23-18(24)8-5-13-27-15-11-9-14(22)10-12-15/h9-12H,2-8,13H2,1H3,(H,23,24). The lowest BCUT2D eigenvalue weighted by Gasteiger charge is -2.12. The van der Waals surface area contributed by atoms with Crippen LogP contribution in [0.4, 0.5) is 5.00 Å². The number of halogens is 1. The molecule has 1 aromatic heterocycles. The van der Waals surface area contributed by atoms with Gasteiger partial charge in [-0.25, -0.2) is 4.79 Å². The molecular formula is C21H24ClNO3S2. The fourth-order valence-electron chi connectivity index (χ4n) is 3.22. The average molecular weight is 438 g/mol. The van der Waals surface area contributed by atoms with E-state index >= 15 is 0 Å². The largest absolute Gasteiger partial charge is 0.462 e. The molecule has 0 saturated heterocycles. The second-order valence-corrected chi connectivity index (χ2v) is 9.30. The second-order valence-electron chi connectivity index (χ2n) is 6.59. The summed E-state index contributed by atoms with van der Waals surface area (Å²) >= 11 is 9.13. The highest BCUT2D eigenvalue weighted by atomic mass is 35.5. The number of thiophene rings is 1. The van der Waals surface area contributed by atoms with Crippen LogP contribution in [0.15, 0.2) is 29.2 Å². The second kappa shape index (κ2) is 10.3. The Morgan fingerprint density at radius 1 is 1.21 bits per heavy atom. The van der Waals surface area contributed by atoms with E-state index in [1.165, 1.54) is 16.2 Å². The minimum absolute atomic E-state index is 0.0548. The zero-order valence-electron chi connectivity index (χ0n) is 15.9. The highest BCUT2D eigenvalue weighted by Crippen LogP contribution is 2.38. The van der Waals surface area contributed by atoms with Crippen LogP contribution in [0.25, 0.3) is 0 Å². The molecule has 7 heteroatoms. The zero-order valence-corrected chi connectivity index (χ0v) is 18.3. The molecule has 3 rings (SSSR count). The molecule has 4 nitrogen and oxygen atoms in total. The summed E-state index contributed by atoms with van der Waals surface area (Å²) in [4.78, 5) is 27.2. The Morgan fingerprint density at radius 3 is 2.71 bits per heavy atom. The van der Waals surface area contributed by atoms with Gasteiger partial charge in [-0.05, 0) is 74.6 Å². The first-order valence-corrected chi connectivity index (χ1v) is 11.8. The van der Waals surface area contributed by atoms with Crippen molar-refractivity contribution in [3.8, 4) is 0 Å². The van der Waals surface area contributed by atoms with Gasteiger partial charge in [0, 0.05) is 21.2 Å². The maximum atomic E-state index is 12.4. The van der Waals surface area contributed by atoms with Gasteiger partial charge in [-0.2, -0.15) is 0 Å². The number of benzene rings is 1. The molecule has 1 aliphatic carbocycles. The summed E-state index contributed by atoms with van der Waals surface area (Å²) in [5, 5.41) is 4.34. The van der Waals surface area contributed by atoms with Gasteiger partial charge >= 0.3 is 5.97 Å². The first kappa shape index (κ1) is 21.2. The number of esters is 1. The number of amides is 1. The molecule has 0 saturated carbocycles. The van der Waals surface area contributed by atoms with E-state index in [2.05, 4.69) is 5.32 Å². The number of nitrogens with one attached hydrogen (secondary N) is 1. The number of fused-ring (bicyclic) bond motifs is 1. The van der Waals surface area contributed by atoms with Gasteiger partial charge in [0.05, 0.1) is 12.2 Å². The third-order valence-electron chi connectivity index (χ3n) is 4.53. The molecule has 0 unspecified atom stereocenters. The predicted molar refractivity (Wildman–Crippen MR) is 117 cm³/mol. The molecule has 0 atom stereocenters. The first-order chi connectivity index (χ1) is 13.6. The van der Waals surface area contributed by atoms with Crippen molar-refractivity contribution in [2.75, 3.05) is 17.7 Å². The van der Waals surface area contributed by atoms with E-state index in [0.29, 0.717) is 23.6 Å². The number of hydrogen-bond acceptors (Lipinski definition) is 5. The maximum absolute atomic E-state index is 12.4. The van der Waals surface area contributed by atoms with Crippen LogP contribution in [-0.2, 0) is 22.4 Å². The Bertz CT molecular complexity index is 833. The summed E-state index contributed by atoms with van der Waals surface area (Å²) in [6, 6.07) is 7.70. The van der Waals surface area contributed by atoms with Crippen LogP contribution in [0.3, 0.4) is 0 Å². The van der Waals surface area contributed by atoms with E-state index in [1.54, 1.807) is 18.7 Å². The zero-order chi connectivity index (χ0) is 19.9. The van der Waals surface area contributed by atoms with Crippen molar-refractivity contribution in [3.63, 3.8) is 0 Å². The van der Waals surface area contributed by atoms with Gasteiger partial charge in [0.1, 0.15) is 5.00 Å². The summed E-state index contributed by atoms with van der Waals surface area (Å²) in [5.74, 6) is 0.470. The van der Waals surface area contributed by atoms with Gasteiger partial charge in [-0.1, -0.05) is 11.6 Å². The Kier molecular flexibility index (Phi) is 7.82. The lowest BCUT2D eigenvalue weighted by Crippen LogP contribution is -2.15. The highest BCUT2D eigenvalue weighted by molar-refractivity contribution is 7.99. The van der Waals surface area contributed by atoms with Crippen LogP contribution >= 0.6 is 34.7 Å². The quantitative estimate of drug-likeness (QED) is 0.314. The van der Waals surface area contributed by atoms with Crippen LogP contribution in [0.2, 0.25) is 5.02 Å². The molecule has 28 heavy (non-hydrogen) atoms. The molecule has 150 valence electrons. The average Bonchev–Trinajstić information content (AvgIpc) is 3.04. The number of anilines is 1. The number of aryl methyl sites for hydroxylation is 1. The van der Waals surface area contributed by atoms with E-state index in [4.69, 9.17) is 16.3 Å². The van der Waals surface area contributed by atoms with Gasteiger partial charge in [0.25, 0.3) is 0 Å². The minimum atomic E-state index is -0.324. The van der Waals surface area contributed by atoms with Crippen LogP contribution in [0, 0.1) is 0 Å². The Balaban J connectivity index is 1.56. The SMILES string of the molecule is CCOC(=O)c1c(NC(=O)CCCSc2ccc(Cl)cc2)sc2c1CCCC2. The van der Waals surface area contributed by atoms with Crippen LogP contribution in [-0.4, -0.2) is 24.2 Å². The molecule has 1 aliphatic rings. The van der Waals surface area contributed by atoms with Gasteiger partial charge in [-0.3, -0.25) is 4.79 Å². The topological polar surface area (TPSA) is 55.4 Å². The van der Waals surface area contributed by atoms with Crippen molar-refractivity contribution in [1.82, 2.24) is 0 Å². The molecule has 2 aromatic rings. The smallest absolute Gasteiger partial charge is 0.341 e. The maximum Gasteiger partial charge on any atom is 0.341 e. The summed E-state index contributed by atoms with van der Waals surface area (Å²) in [5.41, 5.74) is 1.65. The fraction of sp³-hybridized carbons (Fsp3) is 0.429. The molecule has 1 amide bonds. The summed E-state index contributed by atoms with van der Waals surface area (Å²) in [7, 11) is 0. The first-order valence-electron chi connectivity index (χ1n) is 9.58. The Morgan fingerprint density at radius 2 is 1.96 bits per heavy atom. The van der Waals surface area contributed by atoms with E-state index in [-0.39, 0.29) is 11.9 Å². The number of ether oxygens (including phenoxy) is 1. The Hall–Kier alpha value is -1.50. The van der Waals surface area contributed by atoms with Gasteiger partial charge < -0.3 is 10.1 Å². The molecular weight excluding hydrogens is 414 g/mol. The van der Waals surface area contributed by atoms with Crippen LogP contribution < -0.4 is 5.32 Å². The van der Waals surface area contributed by atoms with E-state index < -0.39 is 0 Å². The summed E-state index contributed by atoms with van der Waals surface area (Å²) < 4.78 is 5.23. The van der Waals surface area contributed by atoms with Crippen LogP contribution in [0.1, 0.15) is 53.4 Å². The molecule has 0 aliphatic heterocycles. The number of carbonyl (C=O) groups excluding carboxylic acids is 2. The number of carbonyl (C=O) groups is 2. The highest BCUT2D eigenvalue weighted by Gasteiger charge is 2.27. The van der Waals surface area contributed by atoms with Crippen LogP contribution in [0.5, 0.6) is 0 Å². The molecule has 0 fully saturated rings. The number of rotatable bonds is 8. The minimum Gasteiger partial charge on any atom is -0.462 e. The van der Waals surface area contributed by atoms with Crippen molar-refractivity contribution in [2.45, 2.75) is 50.3 Å². The normalized spacial score (nSPS) is 13.1. The molecule has 0 spiro atoms. The third-order valence-corrected chi connectivity index (χ3v) is 7.09. The predicted octanol–water partition coefficient (Wildman–Crippen LogP) is 5.97. The fourth-order valence-corrected chi connectivity index (χ4v) is 5.49. The number of hydrogen-bond donors (Lipinski definition) is 1. The van der Waals surface area contributed by atoms with Crippen molar-refractivity contribution >= 4 is 51.6 Å². The summed E-state index contributed by atoms with van der Waals surface area (Å²) in [6.07, 6.45) is 5.24. The van der Waals surface area contributed by atoms with E-state index in [1.807, 2.05) is 24.3 Å². The van der Waals surface area contributed by atoms with Crippen molar-refractivity contribution in [3.05, 3.63) is 45.3 Å². The van der Waals surface area contributed by atoms with Gasteiger partial charge in [-0.15, -0.1) is 23.1 Å². The molecule has 1 N–H and O–H groups in total. The van der Waals surface area contributed by atoms with Crippen molar-refractivity contribution in [1.29, 1.82) is 0 Å². The monoisotopic (exact) mass is 437 g/mol. The van der Waals surface area contributed by atoms with Crippen molar-refractivity contribution < 1.29 is 14.3 Å². The van der Waals surface area contributed by atoms with Crippen molar-refractivity contribution in [2.24, 2.45) is 0 Å². The van der Waals surface area contributed by atoms with E-state index in [0.717, 1.165) is 53.3 Å². The molecule has 0 radical (unpaired) electrons. The van der Waals surface area contributed by atoms with Gasteiger partial charge in [0.2, 0.25) is 5.91 Å². The summed E-state index contributed by atoms with van der Waals surface area (Å²) in [6.45, 7) is 2.13. The third kappa shape index (κ3) is 5.52. The number of thioether (sulfide) groups is 1. The Labute approximate surface area is 179 Å². The lowest BCUT2D eigenvalue weighted by atomic mass is 9.95. The molecule has 1 aromatic carbocycles. The molecule has 0 bridgehead atoms. The molecule has 1 heterocycles. The van der Waals surface area contributed by atoms with Gasteiger partial charge in [0.15, 0.2) is 0 Å². The lowest BCUT2D eigenvalue weighted by molar-refractivity contribution is -0.116.